The van der Waals surface area contributed by atoms with Crippen molar-refractivity contribution in [1.82, 2.24) is 34.9 Å². The van der Waals surface area contributed by atoms with Gasteiger partial charge in [0.15, 0.2) is 5.82 Å². The summed E-state index contributed by atoms with van der Waals surface area (Å²) in [5.41, 5.74) is 2.43. The third kappa shape index (κ3) is 2.75. The molecule has 0 saturated heterocycles. The number of nitrogens with zero attached hydrogens (tertiary/aromatic N) is 7. The Morgan fingerprint density at radius 2 is 2.12 bits per heavy atom. The van der Waals surface area contributed by atoms with E-state index in [1.54, 1.807) is 10.9 Å². The molecule has 3 aromatic rings. The van der Waals surface area contributed by atoms with Crippen LogP contribution in [-0.2, 0) is 19.4 Å². The lowest BCUT2D eigenvalue weighted by Crippen LogP contribution is -2.18. The van der Waals surface area contributed by atoms with Gasteiger partial charge in [0, 0.05) is 24.7 Å². The number of fused-ring (bicyclic) bond motifs is 1. The van der Waals surface area contributed by atoms with Gasteiger partial charge < -0.3 is 4.52 Å². The molecule has 8 heteroatoms. The summed E-state index contributed by atoms with van der Waals surface area (Å²) in [6.07, 6.45) is 11.5. The molecule has 0 spiro atoms. The molecule has 0 radical (unpaired) electrons. The highest BCUT2D eigenvalue weighted by molar-refractivity contribution is 5.19. The largest absolute Gasteiger partial charge is 0.339 e. The van der Waals surface area contributed by atoms with Crippen LogP contribution in [0.25, 0.3) is 0 Å². The third-order valence-corrected chi connectivity index (χ3v) is 5.41. The van der Waals surface area contributed by atoms with Gasteiger partial charge in [-0.05, 0) is 31.7 Å². The molecule has 8 nitrogen and oxygen atoms in total. The van der Waals surface area contributed by atoms with E-state index in [9.17, 15) is 0 Å². The quantitative estimate of drug-likeness (QED) is 0.725. The molecule has 1 atom stereocenters. The van der Waals surface area contributed by atoms with Crippen molar-refractivity contribution < 1.29 is 4.52 Å². The molecular formula is C17H21N7O. The Balaban J connectivity index is 1.35. The fourth-order valence-electron chi connectivity index (χ4n) is 4.09. The van der Waals surface area contributed by atoms with Crippen molar-refractivity contribution in [1.29, 1.82) is 0 Å². The first-order valence-corrected chi connectivity index (χ1v) is 9.09. The summed E-state index contributed by atoms with van der Waals surface area (Å²) in [6.45, 7) is 0.538. The van der Waals surface area contributed by atoms with Crippen LogP contribution in [0.5, 0.6) is 0 Å². The van der Waals surface area contributed by atoms with E-state index >= 15 is 0 Å². The van der Waals surface area contributed by atoms with Gasteiger partial charge in [-0.2, -0.15) is 10.1 Å². The Morgan fingerprint density at radius 3 is 2.96 bits per heavy atom. The van der Waals surface area contributed by atoms with E-state index in [-0.39, 0.29) is 5.92 Å². The maximum Gasteiger partial charge on any atom is 0.230 e. The molecule has 1 saturated carbocycles. The lowest BCUT2D eigenvalue weighted by Gasteiger charge is -2.21. The number of aryl methyl sites for hydroxylation is 1. The highest BCUT2D eigenvalue weighted by Gasteiger charge is 2.31. The van der Waals surface area contributed by atoms with Crippen LogP contribution in [0.15, 0.2) is 23.0 Å². The van der Waals surface area contributed by atoms with Crippen molar-refractivity contribution in [3.8, 4) is 0 Å². The van der Waals surface area contributed by atoms with E-state index in [0.717, 1.165) is 30.8 Å². The van der Waals surface area contributed by atoms with Crippen LogP contribution in [-0.4, -0.2) is 34.9 Å². The van der Waals surface area contributed by atoms with E-state index in [1.807, 2.05) is 12.3 Å². The van der Waals surface area contributed by atoms with Crippen LogP contribution in [0.4, 0.5) is 0 Å². The zero-order valence-electron chi connectivity index (χ0n) is 14.1. The molecule has 3 heterocycles. The van der Waals surface area contributed by atoms with E-state index in [0.29, 0.717) is 18.4 Å². The minimum Gasteiger partial charge on any atom is -0.339 e. The molecule has 0 amide bonds. The Labute approximate surface area is 145 Å². The van der Waals surface area contributed by atoms with Gasteiger partial charge in [0.2, 0.25) is 5.89 Å². The summed E-state index contributed by atoms with van der Waals surface area (Å²) in [6, 6.07) is 2.41. The van der Waals surface area contributed by atoms with Gasteiger partial charge in [0.05, 0.1) is 17.4 Å². The maximum absolute atomic E-state index is 5.56. The van der Waals surface area contributed by atoms with Crippen LogP contribution >= 0.6 is 0 Å². The van der Waals surface area contributed by atoms with E-state index in [2.05, 4.69) is 30.2 Å². The molecule has 0 aliphatic heterocycles. The molecule has 5 rings (SSSR count). The zero-order valence-corrected chi connectivity index (χ0v) is 14.1. The second-order valence-electron chi connectivity index (χ2n) is 7.06. The molecule has 0 bridgehead atoms. The van der Waals surface area contributed by atoms with Gasteiger partial charge in [-0.3, -0.25) is 4.68 Å². The first-order valence-electron chi connectivity index (χ1n) is 9.09. The average Bonchev–Trinajstić information content (AvgIpc) is 3.41. The van der Waals surface area contributed by atoms with Crippen molar-refractivity contribution in [3.63, 3.8) is 0 Å². The summed E-state index contributed by atoms with van der Waals surface area (Å²) in [5, 5.41) is 17.2. The van der Waals surface area contributed by atoms with Crippen LogP contribution in [0, 0.1) is 0 Å². The van der Waals surface area contributed by atoms with Crippen LogP contribution in [0.1, 0.15) is 67.2 Å². The molecule has 0 aromatic carbocycles. The van der Waals surface area contributed by atoms with E-state index < -0.39 is 0 Å². The predicted octanol–water partition coefficient (Wildman–Crippen LogP) is 2.29. The standard InChI is InChI=1S/C17H21N7O/c1-2-5-13(4-1)24-15-10-12(6-7-14(15)20-22-24)17-19-16(21-25-17)11-23-9-3-8-18-23/h3,8-9,12-13H,1-2,4-7,10-11H2. The van der Waals surface area contributed by atoms with Crippen LogP contribution in [0.2, 0.25) is 0 Å². The first kappa shape index (κ1) is 14.8. The van der Waals surface area contributed by atoms with Gasteiger partial charge in [0.25, 0.3) is 0 Å². The Morgan fingerprint density at radius 1 is 1.20 bits per heavy atom. The molecular weight excluding hydrogens is 318 g/mol. The molecule has 2 aliphatic carbocycles. The van der Waals surface area contributed by atoms with Crippen molar-refractivity contribution in [2.75, 3.05) is 0 Å². The fraction of sp³-hybridized carbons (Fsp3) is 0.588. The molecule has 130 valence electrons. The lowest BCUT2D eigenvalue weighted by molar-refractivity contribution is 0.330. The van der Waals surface area contributed by atoms with Crippen LogP contribution < -0.4 is 0 Å². The first-order chi connectivity index (χ1) is 12.4. The Hall–Kier alpha value is -2.51. The summed E-state index contributed by atoms with van der Waals surface area (Å²) < 4.78 is 9.53. The Kier molecular flexibility index (Phi) is 3.61. The second kappa shape index (κ2) is 6.09. The number of rotatable bonds is 4. The molecule has 25 heavy (non-hydrogen) atoms. The predicted molar refractivity (Wildman–Crippen MR) is 87.9 cm³/mol. The average molecular weight is 339 g/mol. The zero-order chi connectivity index (χ0) is 16.6. The number of hydrogen-bond donors (Lipinski definition) is 0. The minimum absolute atomic E-state index is 0.255. The van der Waals surface area contributed by atoms with Gasteiger partial charge in [-0.25, -0.2) is 4.68 Å². The van der Waals surface area contributed by atoms with Gasteiger partial charge >= 0.3 is 0 Å². The van der Waals surface area contributed by atoms with Crippen molar-refractivity contribution in [3.05, 3.63) is 41.6 Å². The second-order valence-corrected chi connectivity index (χ2v) is 7.06. The summed E-state index contributed by atoms with van der Waals surface area (Å²) >= 11 is 0. The van der Waals surface area contributed by atoms with Gasteiger partial charge in [0.1, 0.15) is 6.54 Å². The SMILES string of the molecule is c1cnn(Cc2noc(C3CCc4nnn(C5CCCC5)c4C3)n2)c1. The highest BCUT2D eigenvalue weighted by atomic mass is 16.5. The van der Waals surface area contributed by atoms with Crippen molar-refractivity contribution >= 4 is 0 Å². The molecule has 3 aromatic heterocycles. The highest BCUT2D eigenvalue weighted by Crippen LogP contribution is 2.35. The summed E-state index contributed by atoms with van der Waals surface area (Å²) in [4.78, 5) is 4.60. The summed E-state index contributed by atoms with van der Waals surface area (Å²) in [7, 11) is 0. The topological polar surface area (TPSA) is 87.5 Å². The van der Waals surface area contributed by atoms with Gasteiger partial charge in [-0.1, -0.05) is 23.2 Å². The molecule has 1 unspecified atom stereocenters. The molecule has 2 aliphatic rings. The molecule has 0 N–H and O–H groups in total. The monoisotopic (exact) mass is 339 g/mol. The third-order valence-electron chi connectivity index (χ3n) is 5.41. The maximum atomic E-state index is 5.56. The Bertz CT molecular complexity index is 844. The number of hydrogen-bond acceptors (Lipinski definition) is 6. The van der Waals surface area contributed by atoms with E-state index in [1.165, 1.54) is 31.4 Å². The summed E-state index contributed by atoms with van der Waals surface area (Å²) in [5.74, 6) is 1.66. The fourth-order valence-corrected chi connectivity index (χ4v) is 4.09. The minimum atomic E-state index is 0.255. The van der Waals surface area contributed by atoms with Crippen molar-refractivity contribution in [2.24, 2.45) is 0 Å². The normalized spacial score (nSPS) is 20.9. The lowest BCUT2D eigenvalue weighted by atomic mass is 9.89. The van der Waals surface area contributed by atoms with Gasteiger partial charge in [-0.15, -0.1) is 5.10 Å². The van der Waals surface area contributed by atoms with Crippen LogP contribution in [0.3, 0.4) is 0 Å². The smallest absolute Gasteiger partial charge is 0.230 e. The van der Waals surface area contributed by atoms with E-state index in [4.69, 9.17) is 4.52 Å². The molecule has 1 fully saturated rings. The number of aromatic nitrogens is 7. The van der Waals surface area contributed by atoms with Crippen molar-refractivity contribution in [2.45, 2.75) is 63.5 Å².